The molecule has 4 aromatic rings. The van der Waals surface area contributed by atoms with Crippen molar-refractivity contribution in [3.63, 3.8) is 0 Å². The van der Waals surface area contributed by atoms with Gasteiger partial charge < -0.3 is 10.4 Å². The van der Waals surface area contributed by atoms with Gasteiger partial charge in [0.25, 0.3) is 5.95 Å². The van der Waals surface area contributed by atoms with E-state index in [1.165, 1.54) is 17.7 Å². The summed E-state index contributed by atoms with van der Waals surface area (Å²) in [5.41, 5.74) is 5.79. The number of carbonyl (C=O) groups excluding carboxylic acids is 1. The molecule has 1 aromatic heterocycles. The van der Waals surface area contributed by atoms with Crippen LogP contribution in [-0.4, -0.2) is 37.8 Å². The van der Waals surface area contributed by atoms with E-state index >= 15 is 0 Å². The SMILES string of the molecule is Cc1ccc(C2=CC(c3ccc(C)cc3)n3nnnc3N2CC(=O)Nc2ccc(O)cc2)cc1. The molecule has 1 amide bonds. The highest BCUT2D eigenvalue weighted by Crippen LogP contribution is 2.36. The van der Waals surface area contributed by atoms with Gasteiger partial charge in [0.15, 0.2) is 0 Å². The first kappa shape index (κ1) is 21.4. The number of allylic oxidation sites excluding steroid dienone is 1. The van der Waals surface area contributed by atoms with Crippen LogP contribution in [0.2, 0.25) is 0 Å². The highest BCUT2D eigenvalue weighted by atomic mass is 16.3. The number of phenols is 1. The van der Waals surface area contributed by atoms with Gasteiger partial charge in [0, 0.05) is 5.69 Å². The molecule has 3 aromatic carbocycles. The van der Waals surface area contributed by atoms with Crippen LogP contribution in [0.15, 0.2) is 78.9 Å². The molecule has 8 nitrogen and oxygen atoms in total. The quantitative estimate of drug-likeness (QED) is 0.443. The fraction of sp³-hybridized carbons (Fsp3) is 0.154. The molecule has 5 rings (SSSR count). The summed E-state index contributed by atoms with van der Waals surface area (Å²) in [7, 11) is 0. The number of amides is 1. The predicted molar refractivity (Wildman–Crippen MR) is 130 cm³/mol. The van der Waals surface area contributed by atoms with Crippen molar-refractivity contribution in [3.05, 3.63) is 101 Å². The van der Waals surface area contributed by atoms with E-state index in [-0.39, 0.29) is 24.2 Å². The normalized spacial score (nSPS) is 14.9. The lowest BCUT2D eigenvalue weighted by molar-refractivity contribution is -0.114. The number of fused-ring (bicyclic) bond motifs is 1. The second-order valence-corrected chi connectivity index (χ2v) is 8.38. The maximum Gasteiger partial charge on any atom is 0.251 e. The van der Waals surface area contributed by atoms with Crippen LogP contribution < -0.4 is 10.2 Å². The molecule has 0 aliphatic carbocycles. The summed E-state index contributed by atoms with van der Waals surface area (Å²) in [6.07, 6.45) is 2.09. The van der Waals surface area contributed by atoms with Gasteiger partial charge in [-0.05, 0) is 65.7 Å². The Bertz CT molecular complexity index is 1340. The van der Waals surface area contributed by atoms with Gasteiger partial charge >= 0.3 is 0 Å². The van der Waals surface area contributed by atoms with E-state index in [0.29, 0.717) is 11.6 Å². The Hall–Kier alpha value is -4.46. The second-order valence-electron chi connectivity index (χ2n) is 8.38. The molecule has 1 atom stereocenters. The Balaban J connectivity index is 1.53. The molecule has 0 saturated carbocycles. The van der Waals surface area contributed by atoms with Crippen molar-refractivity contribution >= 4 is 23.2 Å². The molecular weight excluding hydrogens is 428 g/mol. The summed E-state index contributed by atoms with van der Waals surface area (Å²) in [5, 5.41) is 24.8. The number of anilines is 2. The van der Waals surface area contributed by atoms with Crippen LogP contribution in [0.25, 0.3) is 5.70 Å². The summed E-state index contributed by atoms with van der Waals surface area (Å²) in [5.74, 6) is 0.400. The van der Waals surface area contributed by atoms with Gasteiger partial charge in [-0.1, -0.05) is 64.8 Å². The minimum Gasteiger partial charge on any atom is -0.508 e. The van der Waals surface area contributed by atoms with E-state index in [4.69, 9.17) is 0 Å². The molecule has 0 bridgehead atoms. The number of tetrazole rings is 1. The minimum atomic E-state index is -0.230. The standard InChI is InChI=1S/C26H24N6O2/c1-17-3-7-19(8-4-17)23-15-24(20-9-5-18(2)6-10-20)32-26(28-29-30-32)31(23)16-25(34)27-21-11-13-22(33)14-12-21/h3-15,24,33H,16H2,1-2H3,(H,27,34). The van der Waals surface area contributed by atoms with Gasteiger partial charge in [-0.2, -0.15) is 4.68 Å². The number of rotatable bonds is 5. The van der Waals surface area contributed by atoms with Crippen molar-refractivity contribution in [1.29, 1.82) is 0 Å². The molecule has 2 N–H and O–H groups in total. The van der Waals surface area contributed by atoms with E-state index < -0.39 is 0 Å². The van der Waals surface area contributed by atoms with Crippen molar-refractivity contribution in [2.75, 3.05) is 16.8 Å². The van der Waals surface area contributed by atoms with E-state index in [1.54, 1.807) is 16.8 Å². The van der Waals surface area contributed by atoms with Crippen LogP contribution in [0.5, 0.6) is 5.75 Å². The highest BCUT2D eigenvalue weighted by Gasteiger charge is 2.32. The Labute approximate surface area is 197 Å². The summed E-state index contributed by atoms with van der Waals surface area (Å²) >= 11 is 0. The van der Waals surface area contributed by atoms with E-state index in [1.807, 2.05) is 36.1 Å². The smallest absolute Gasteiger partial charge is 0.251 e. The topological polar surface area (TPSA) is 96.2 Å². The van der Waals surface area contributed by atoms with Crippen molar-refractivity contribution in [2.24, 2.45) is 0 Å². The van der Waals surface area contributed by atoms with Crippen molar-refractivity contribution in [1.82, 2.24) is 20.2 Å². The summed E-state index contributed by atoms with van der Waals surface area (Å²) in [6.45, 7) is 4.11. The zero-order valence-corrected chi connectivity index (χ0v) is 18.9. The van der Waals surface area contributed by atoms with Gasteiger partial charge in [-0.25, -0.2) is 0 Å². The van der Waals surface area contributed by atoms with Crippen LogP contribution in [0.4, 0.5) is 11.6 Å². The predicted octanol–water partition coefficient (Wildman–Crippen LogP) is 4.08. The monoisotopic (exact) mass is 452 g/mol. The number of hydrogen-bond acceptors (Lipinski definition) is 6. The molecule has 0 fully saturated rings. The third-order valence-corrected chi connectivity index (χ3v) is 5.81. The largest absolute Gasteiger partial charge is 0.508 e. The minimum absolute atomic E-state index is 0.0155. The van der Waals surface area contributed by atoms with E-state index in [2.05, 4.69) is 58.1 Å². The van der Waals surface area contributed by atoms with Crippen LogP contribution in [0, 0.1) is 13.8 Å². The molecule has 1 aliphatic heterocycles. The average molecular weight is 453 g/mol. The van der Waals surface area contributed by atoms with Gasteiger partial charge in [0.1, 0.15) is 18.3 Å². The molecule has 1 unspecified atom stereocenters. The fourth-order valence-corrected chi connectivity index (χ4v) is 3.99. The molecule has 0 spiro atoms. The van der Waals surface area contributed by atoms with Gasteiger partial charge in [0.05, 0.1) is 5.70 Å². The fourth-order valence-electron chi connectivity index (χ4n) is 3.99. The number of aromatic hydroxyl groups is 1. The number of carbonyl (C=O) groups is 1. The zero-order valence-electron chi connectivity index (χ0n) is 18.9. The Morgan fingerprint density at radius 3 is 2.26 bits per heavy atom. The lowest BCUT2D eigenvalue weighted by Gasteiger charge is -2.32. The van der Waals surface area contributed by atoms with Gasteiger partial charge in [-0.3, -0.25) is 9.69 Å². The lowest BCUT2D eigenvalue weighted by Crippen LogP contribution is -2.37. The highest BCUT2D eigenvalue weighted by molar-refractivity contribution is 5.97. The second kappa shape index (κ2) is 8.82. The lowest BCUT2D eigenvalue weighted by atomic mass is 9.99. The number of aromatic nitrogens is 4. The van der Waals surface area contributed by atoms with Crippen molar-refractivity contribution < 1.29 is 9.90 Å². The first-order valence-electron chi connectivity index (χ1n) is 11.0. The number of hydrogen-bond donors (Lipinski definition) is 2. The zero-order chi connectivity index (χ0) is 23.7. The maximum absolute atomic E-state index is 13.0. The maximum atomic E-state index is 13.0. The third-order valence-electron chi connectivity index (χ3n) is 5.81. The molecule has 8 heteroatoms. The van der Waals surface area contributed by atoms with Crippen LogP contribution in [0.3, 0.4) is 0 Å². The Morgan fingerprint density at radius 2 is 1.59 bits per heavy atom. The van der Waals surface area contributed by atoms with Gasteiger partial charge in [0.2, 0.25) is 5.91 Å². The molecule has 2 heterocycles. The van der Waals surface area contributed by atoms with Crippen LogP contribution in [-0.2, 0) is 4.79 Å². The number of nitrogens with one attached hydrogen (secondary N) is 1. The first-order valence-corrected chi connectivity index (χ1v) is 11.0. The molecule has 1 aliphatic rings. The van der Waals surface area contributed by atoms with Crippen LogP contribution >= 0.6 is 0 Å². The molecular formula is C26H24N6O2. The van der Waals surface area contributed by atoms with Crippen LogP contribution in [0.1, 0.15) is 28.3 Å². The third kappa shape index (κ3) is 4.25. The summed E-state index contributed by atoms with van der Waals surface area (Å²) in [4.78, 5) is 14.8. The van der Waals surface area contributed by atoms with E-state index in [0.717, 1.165) is 22.4 Å². The summed E-state index contributed by atoms with van der Waals surface area (Å²) < 4.78 is 1.73. The van der Waals surface area contributed by atoms with Crippen molar-refractivity contribution in [3.8, 4) is 5.75 Å². The summed E-state index contributed by atoms with van der Waals surface area (Å²) in [6, 6.07) is 22.6. The number of benzene rings is 3. The number of phenolic OH excluding ortho intramolecular Hbond substituents is 1. The Morgan fingerprint density at radius 1 is 0.941 bits per heavy atom. The molecule has 0 radical (unpaired) electrons. The van der Waals surface area contributed by atoms with Gasteiger partial charge in [-0.15, -0.1) is 0 Å². The molecule has 34 heavy (non-hydrogen) atoms. The average Bonchev–Trinajstić information content (AvgIpc) is 3.32. The first-order chi connectivity index (χ1) is 16.5. The Kier molecular flexibility index (Phi) is 5.55. The van der Waals surface area contributed by atoms with Crippen molar-refractivity contribution in [2.45, 2.75) is 19.9 Å². The molecule has 0 saturated heterocycles. The number of nitrogens with zero attached hydrogens (tertiary/aromatic N) is 5. The van der Waals surface area contributed by atoms with E-state index in [9.17, 15) is 9.90 Å². The molecule has 170 valence electrons. The number of aryl methyl sites for hydroxylation is 2.